The van der Waals surface area contributed by atoms with E-state index in [4.69, 9.17) is 11.6 Å². The molecule has 1 rings (SSSR count). The van der Waals surface area contributed by atoms with Gasteiger partial charge in [-0.1, -0.05) is 24.3 Å². The molecule has 0 heterocycles. The van der Waals surface area contributed by atoms with Crippen LogP contribution in [-0.4, -0.2) is 11.6 Å². The molecular formula is C10H10BrClS. The first kappa shape index (κ1) is 11.2. The van der Waals surface area contributed by atoms with Gasteiger partial charge in [-0.2, -0.15) is 0 Å². The van der Waals surface area contributed by atoms with Crippen LogP contribution in [0, 0.1) is 0 Å². The highest BCUT2D eigenvalue weighted by atomic mass is 79.9. The second-order valence-corrected chi connectivity index (χ2v) is 4.59. The summed E-state index contributed by atoms with van der Waals surface area (Å²) < 4.78 is 1.15. The highest BCUT2D eigenvalue weighted by Crippen LogP contribution is 2.26. The number of rotatable bonds is 4. The predicted molar refractivity (Wildman–Crippen MR) is 64.7 cm³/mol. The van der Waals surface area contributed by atoms with Crippen LogP contribution in [0.25, 0.3) is 0 Å². The fourth-order valence-electron chi connectivity index (χ4n) is 0.831. The number of benzene rings is 1. The average Bonchev–Trinajstić information content (AvgIpc) is 2.15. The maximum Gasteiger partial charge on any atom is 0.0404 e. The van der Waals surface area contributed by atoms with Crippen molar-refractivity contribution in [1.82, 2.24) is 0 Å². The molecule has 0 saturated heterocycles. The van der Waals surface area contributed by atoms with Gasteiger partial charge in [0, 0.05) is 21.0 Å². The molecule has 0 spiro atoms. The Morgan fingerprint density at radius 1 is 1.31 bits per heavy atom. The van der Waals surface area contributed by atoms with Gasteiger partial charge in [0.05, 0.1) is 0 Å². The molecule has 0 amide bonds. The summed E-state index contributed by atoms with van der Waals surface area (Å²) in [5.41, 5.74) is 0. The molecule has 1 aromatic carbocycles. The lowest BCUT2D eigenvalue weighted by Crippen LogP contribution is -1.76. The lowest BCUT2D eigenvalue weighted by atomic mass is 10.4. The first-order valence-corrected chi connectivity index (χ1v) is 6.24. The highest BCUT2D eigenvalue weighted by Gasteiger charge is 1.95. The monoisotopic (exact) mass is 276 g/mol. The number of halogens is 2. The summed E-state index contributed by atoms with van der Waals surface area (Å²) in [7, 11) is 0. The molecule has 0 aliphatic carbocycles. The lowest BCUT2D eigenvalue weighted by Gasteiger charge is -2.00. The van der Waals surface area contributed by atoms with E-state index in [0.717, 1.165) is 10.2 Å². The first-order chi connectivity index (χ1) is 6.34. The van der Waals surface area contributed by atoms with Gasteiger partial charge in [0.1, 0.15) is 0 Å². The van der Waals surface area contributed by atoms with Crippen molar-refractivity contribution < 1.29 is 0 Å². The molecule has 70 valence electrons. The Bertz CT molecular complexity index is 286. The molecule has 13 heavy (non-hydrogen) atoms. The van der Waals surface area contributed by atoms with Crippen LogP contribution in [0.4, 0.5) is 0 Å². The van der Waals surface area contributed by atoms with Gasteiger partial charge in [-0.25, -0.2) is 0 Å². The van der Waals surface area contributed by atoms with Gasteiger partial charge in [-0.15, -0.1) is 23.4 Å². The second kappa shape index (κ2) is 6.52. The summed E-state index contributed by atoms with van der Waals surface area (Å²) in [5.74, 6) is 1.56. The van der Waals surface area contributed by atoms with Crippen molar-refractivity contribution in [2.75, 3.05) is 11.6 Å². The summed E-state index contributed by atoms with van der Waals surface area (Å²) in [4.78, 5) is 1.27. The second-order valence-electron chi connectivity index (χ2n) is 2.37. The summed E-state index contributed by atoms with van der Waals surface area (Å²) in [6, 6.07) is 8.21. The zero-order valence-corrected chi connectivity index (χ0v) is 10.2. The van der Waals surface area contributed by atoms with Crippen molar-refractivity contribution in [3.05, 3.63) is 40.9 Å². The zero-order chi connectivity index (χ0) is 9.52. The third-order valence-corrected chi connectivity index (χ3v) is 3.59. The van der Waals surface area contributed by atoms with Crippen molar-refractivity contribution in [1.29, 1.82) is 0 Å². The molecule has 0 bridgehead atoms. The van der Waals surface area contributed by atoms with Crippen molar-refractivity contribution in [2.24, 2.45) is 0 Å². The van der Waals surface area contributed by atoms with E-state index in [-0.39, 0.29) is 0 Å². The minimum Gasteiger partial charge on any atom is -0.122 e. The van der Waals surface area contributed by atoms with Crippen LogP contribution < -0.4 is 0 Å². The van der Waals surface area contributed by atoms with E-state index in [1.165, 1.54) is 4.90 Å². The molecule has 0 radical (unpaired) electrons. The molecule has 0 unspecified atom stereocenters. The summed E-state index contributed by atoms with van der Waals surface area (Å²) in [6.45, 7) is 0. The van der Waals surface area contributed by atoms with Crippen molar-refractivity contribution in [3.63, 3.8) is 0 Å². The fraction of sp³-hybridized carbons (Fsp3) is 0.200. The maximum absolute atomic E-state index is 5.51. The van der Waals surface area contributed by atoms with Gasteiger partial charge in [0.15, 0.2) is 0 Å². The Morgan fingerprint density at radius 3 is 2.77 bits per heavy atom. The van der Waals surface area contributed by atoms with Crippen LogP contribution in [0.5, 0.6) is 0 Å². The van der Waals surface area contributed by atoms with Crippen LogP contribution in [-0.2, 0) is 0 Å². The zero-order valence-electron chi connectivity index (χ0n) is 7.04. The Labute approximate surface area is 96.5 Å². The number of thioether (sulfide) groups is 1. The molecule has 1 aromatic rings. The standard InChI is InChI=1S/C10H10BrClS/c11-9-5-1-2-6-10(9)13-8-4-3-7-12/h1-6H,7-8H2. The van der Waals surface area contributed by atoms with E-state index < -0.39 is 0 Å². The van der Waals surface area contributed by atoms with Gasteiger partial charge in [0.25, 0.3) is 0 Å². The topological polar surface area (TPSA) is 0 Å². The molecule has 3 heteroatoms. The fourth-order valence-corrected chi connectivity index (χ4v) is 2.38. The van der Waals surface area contributed by atoms with Crippen LogP contribution in [0.15, 0.2) is 45.8 Å². The molecule has 0 nitrogen and oxygen atoms in total. The van der Waals surface area contributed by atoms with Gasteiger partial charge in [0.2, 0.25) is 0 Å². The van der Waals surface area contributed by atoms with Crippen LogP contribution in [0.3, 0.4) is 0 Å². The number of allylic oxidation sites excluding steroid dienone is 1. The SMILES string of the molecule is ClCC=CCSc1ccccc1Br. The van der Waals surface area contributed by atoms with Gasteiger partial charge < -0.3 is 0 Å². The Hall–Kier alpha value is 0.0800. The highest BCUT2D eigenvalue weighted by molar-refractivity contribution is 9.10. The molecule has 0 N–H and O–H groups in total. The van der Waals surface area contributed by atoms with Crippen LogP contribution >= 0.6 is 39.3 Å². The molecule has 0 aliphatic heterocycles. The molecule has 0 aliphatic rings. The largest absolute Gasteiger partial charge is 0.122 e. The predicted octanol–water partition coefficient (Wildman–Crippen LogP) is 4.34. The smallest absolute Gasteiger partial charge is 0.0404 e. The van der Waals surface area contributed by atoms with Crippen molar-refractivity contribution >= 4 is 39.3 Å². The average molecular weight is 278 g/mol. The first-order valence-electron chi connectivity index (χ1n) is 3.93. The van der Waals surface area contributed by atoms with Crippen LogP contribution in [0.2, 0.25) is 0 Å². The van der Waals surface area contributed by atoms with E-state index in [1.54, 1.807) is 11.8 Å². The van der Waals surface area contributed by atoms with Gasteiger partial charge in [-0.05, 0) is 28.1 Å². The van der Waals surface area contributed by atoms with E-state index in [2.05, 4.69) is 28.1 Å². The lowest BCUT2D eigenvalue weighted by molar-refractivity contribution is 1.40. The van der Waals surface area contributed by atoms with Gasteiger partial charge >= 0.3 is 0 Å². The number of alkyl halides is 1. The summed E-state index contributed by atoms with van der Waals surface area (Å²) >= 11 is 10.8. The minimum atomic E-state index is 0.594. The molecule has 0 saturated carbocycles. The molecular weight excluding hydrogens is 268 g/mol. The van der Waals surface area contributed by atoms with Gasteiger partial charge in [-0.3, -0.25) is 0 Å². The van der Waals surface area contributed by atoms with E-state index in [0.29, 0.717) is 5.88 Å². The normalized spacial score (nSPS) is 10.9. The van der Waals surface area contributed by atoms with E-state index >= 15 is 0 Å². The van der Waals surface area contributed by atoms with Crippen molar-refractivity contribution in [2.45, 2.75) is 4.90 Å². The van der Waals surface area contributed by atoms with Crippen molar-refractivity contribution in [3.8, 4) is 0 Å². The minimum absolute atomic E-state index is 0.594. The Balaban J connectivity index is 2.45. The number of hydrogen-bond donors (Lipinski definition) is 0. The van der Waals surface area contributed by atoms with E-state index in [1.807, 2.05) is 24.3 Å². The molecule has 0 aromatic heterocycles. The molecule has 0 atom stereocenters. The Morgan fingerprint density at radius 2 is 2.08 bits per heavy atom. The maximum atomic E-state index is 5.51. The van der Waals surface area contributed by atoms with E-state index in [9.17, 15) is 0 Å². The third kappa shape index (κ3) is 4.21. The number of hydrogen-bond acceptors (Lipinski definition) is 1. The Kier molecular flexibility index (Phi) is 5.60. The third-order valence-electron chi connectivity index (χ3n) is 1.43. The summed E-state index contributed by atoms with van der Waals surface area (Å²) in [6.07, 6.45) is 4.04. The van der Waals surface area contributed by atoms with Crippen LogP contribution in [0.1, 0.15) is 0 Å². The molecule has 0 fully saturated rings. The quantitative estimate of drug-likeness (QED) is 0.448. The summed E-state index contributed by atoms with van der Waals surface area (Å²) in [5, 5.41) is 0.